The summed E-state index contributed by atoms with van der Waals surface area (Å²) in [5, 5.41) is 2.75. The van der Waals surface area contributed by atoms with Crippen molar-refractivity contribution in [2.75, 3.05) is 38.0 Å². The van der Waals surface area contributed by atoms with E-state index in [-0.39, 0.29) is 17.5 Å². The first-order valence-electron chi connectivity index (χ1n) is 9.00. The summed E-state index contributed by atoms with van der Waals surface area (Å²) < 4.78 is 26.3. The van der Waals surface area contributed by atoms with Crippen LogP contribution in [0, 0.1) is 11.6 Å². The maximum atomic E-state index is 13.2. The fourth-order valence-corrected chi connectivity index (χ4v) is 3.52. The van der Waals surface area contributed by atoms with Gasteiger partial charge in [0, 0.05) is 11.3 Å². The summed E-state index contributed by atoms with van der Waals surface area (Å²) in [7, 11) is 0. The minimum absolute atomic E-state index is 0.0966. The number of piperazine rings is 1. The Labute approximate surface area is 152 Å². The van der Waals surface area contributed by atoms with Gasteiger partial charge in [0.05, 0.1) is 0 Å². The van der Waals surface area contributed by atoms with Crippen LogP contribution in [0.2, 0.25) is 0 Å². The fraction of sp³-hybridized carbons (Fsp3) is 0.350. The lowest BCUT2D eigenvalue weighted by atomic mass is 10.1. The number of rotatable bonds is 5. The molecule has 26 heavy (non-hydrogen) atoms. The summed E-state index contributed by atoms with van der Waals surface area (Å²) in [5.41, 5.74) is 1.62. The van der Waals surface area contributed by atoms with Crippen LogP contribution in [-0.2, 0) is 4.79 Å². The monoisotopic (exact) mass is 361 g/mol. The van der Waals surface area contributed by atoms with Crippen LogP contribution in [0.3, 0.4) is 0 Å². The number of nitrogens with one attached hydrogen (secondary N) is 3. The Hall–Kier alpha value is -2.31. The van der Waals surface area contributed by atoms with Crippen molar-refractivity contribution in [2.24, 2.45) is 0 Å². The Balaban J connectivity index is 1.47. The smallest absolute Gasteiger partial charge is 0.279 e. The lowest BCUT2D eigenvalue weighted by molar-refractivity contribution is -1.02. The molecule has 0 radical (unpaired) electrons. The Kier molecular flexibility index (Phi) is 5.96. The van der Waals surface area contributed by atoms with E-state index in [2.05, 4.69) is 12.2 Å². The van der Waals surface area contributed by atoms with Crippen molar-refractivity contribution in [3.8, 4) is 0 Å². The highest BCUT2D eigenvalue weighted by molar-refractivity contribution is 5.91. The SMILES string of the molecule is C[C@H](c1ccc(F)cc1)[NH+]1CC[NH+](CC(=O)Nc2cccc(F)c2)CC1. The lowest BCUT2D eigenvalue weighted by Gasteiger charge is -2.33. The van der Waals surface area contributed by atoms with Crippen LogP contribution in [0.1, 0.15) is 18.5 Å². The second-order valence-corrected chi connectivity index (χ2v) is 6.92. The molecule has 4 nitrogen and oxygen atoms in total. The molecule has 6 heteroatoms. The molecule has 1 saturated heterocycles. The Morgan fingerprint density at radius 3 is 2.38 bits per heavy atom. The fourth-order valence-electron chi connectivity index (χ4n) is 3.52. The topological polar surface area (TPSA) is 38.0 Å². The molecule has 1 atom stereocenters. The van der Waals surface area contributed by atoms with Gasteiger partial charge >= 0.3 is 0 Å². The molecule has 3 N–H and O–H groups in total. The Bertz CT molecular complexity index is 743. The number of carbonyl (C=O) groups is 1. The molecule has 0 bridgehead atoms. The largest absolute Gasteiger partial charge is 0.321 e. The predicted octanol–water partition coefficient (Wildman–Crippen LogP) is 0.448. The van der Waals surface area contributed by atoms with Crippen LogP contribution < -0.4 is 15.1 Å². The number of halogens is 2. The third-order valence-electron chi connectivity index (χ3n) is 5.10. The summed E-state index contributed by atoms with van der Waals surface area (Å²) >= 11 is 0. The van der Waals surface area contributed by atoms with Gasteiger partial charge in [-0.25, -0.2) is 8.78 Å². The van der Waals surface area contributed by atoms with Crippen molar-refractivity contribution in [1.29, 1.82) is 0 Å². The van der Waals surface area contributed by atoms with Gasteiger partial charge in [-0.1, -0.05) is 18.2 Å². The van der Waals surface area contributed by atoms with Gasteiger partial charge < -0.3 is 15.1 Å². The number of amides is 1. The third kappa shape index (κ3) is 4.86. The zero-order valence-electron chi connectivity index (χ0n) is 14.9. The van der Waals surface area contributed by atoms with Gasteiger partial charge in [0.15, 0.2) is 6.54 Å². The van der Waals surface area contributed by atoms with E-state index < -0.39 is 0 Å². The van der Waals surface area contributed by atoms with E-state index in [1.807, 2.05) is 12.1 Å². The number of benzene rings is 2. The second kappa shape index (κ2) is 8.38. The van der Waals surface area contributed by atoms with Crippen molar-refractivity contribution in [3.05, 3.63) is 65.7 Å². The summed E-state index contributed by atoms with van der Waals surface area (Å²) in [5.74, 6) is -0.669. The molecule has 0 spiro atoms. The first kappa shape index (κ1) is 18.5. The molecule has 0 unspecified atom stereocenters. The molecule has 0 aliphatic carbocycles. The molecule has 1 aliphatic rings. The third-order valence-corrected chi connectivity index (χ3v) is 5.10. The van der Waals surface area contributed by atoms with E-state index >= 15 is 0 Å². The first-order chi connectivity index (χ1) is 12.5. The Morgan fingerprint density at radius 2 is 1.73 bits per heavy atom. The van der Waals surface area contributed by atoms with Crippen molar-refractivity contribution < 1.29 is 23.4 Å². The van der Waals surface area contributed by atoms with E-state index in [1.54, 1.807) is 12.1 Å². The van der Waals surface area contributed by atoms with Crippen molar-refractivity contribution >= 4 is 11.6 Å². The van der Waals surface area contributed by atoms with Crippen molar-refractivity contribution in [3.63, 3.8) is 0 Å². The maximum Gasteiger partial charge on any atom is 0.279 e. The minimum atomic E-state index is -0.359. The molecular weight excluding hydrogens is 336 g/mol. The maximum absolute atomic E-state index is 13.2. The molecule has 0 saturated carbocycles. The van der Waals surface area contributed by atoms with E-state index in [1.165, 1.54) is 34.1 Å². The van der Waals surface area contributed by atoms with Gasteiger partial charge in [-0.3, -0.25) is 4.79 Å². The summed E-state index contributed by atoms with van der Waals surface area (Å²) in [6, 6.07) is 12.9. The molecule has 1 amide bonds. The van der Waals surface area contributed by atoms with Crippen LogP contribution in [-0.4, -0.2) is 38.6 Å². The summed E-state index contributed by atoms with van der Waals surface area (Å²) in [6.07, 6.45) is 0. The molecule has 3 rings (SSSR count). The van der Waals surface area contributed by atoms with Crippen LogP contribution in [0.15, 0.2) is 48.5 Å². The average Bonchev–Trinajstić information content (AvgIpc) is 2.62. The van der Waals surface area contributed by atoms with E-state index in [9.17, 15) is 13.6 Å². The normalized spacial score (nSPS) is 21.2. The molecule has 1 heterocycles. The molecule has 0 aromatic heterocycles. The average molecular weight is 361 g/mol. The molecular formula is C20H25F2N3O+2. The predicted molar refractivity (Wildman–Crippen MR) is 96.1 cm³/mol. The summed E-state index contributed by atoms with van der Waals surface area (Å²) in [6.45, 7) is 6.26. The van der Waals surface area contributed by atoms with E-state index in [4.69, 9.17) is 0 Å². The standard InChI is InChI=1S/C20H23F2N3O/c1-15(16-5-7-17(21)8-6-16)25-11-9-24(10-12-25)14-20(26)23-19-4-2-3-18(22)13-19/h2-8,13,15H,9-12,14H2,1H3,(H,23,26)/p+2/t15-/m1/s1. The minimum Gasteiger partial charge on any atom is -0.321 e. The zero-order valence-corrected chi connectivity index (χ0v) is 14.9. The molecule has 138 valence electrons. The van der Waals surface area contributed by atoms with Crippen LogP contribution in [0.5, 0.6) is 0 Å². The van der Waals surface area contributed by atoms with Gasteiger partial charge in [-0.05, 0) is 37.3 Å². The molecule has 1 fully saturated rings. The molecule has 1 aliphatic heterocycles. The van der Waals surface area contributed by atoms with E-state index in [0.717, 1.165) is 31.7 Å². The lowest BCUT2D eigenvalue weighted by Crippen LogP contribution is -3.28. The van der Waals surface area contributed by atoms with Gasteiger partial charge in [0.2, 0.25) is 0 Å². The van der Waals surface area contributed by atoms with Gasteiger partial charge in [0.25, 0.3) is 5.91 Å². The van der Waals surface area contributed by atoms with Crippen LogP contribution in [0.4, 0.5) is 14.5 Å². The number of hydrogen-bond donors (Lipinski definition) is 3. The zero-order chi connectivity index (χ0) is 18.5. The number of hydrogen-bond acceptors (Lipinski definition) is 1. The van der Waals surface area contributed by atoms with Gasteiger partial charge in [-0.15, -0.1) is 0 Å². The Morgan fingerprint density at radius 1 is 1.04 bits per heavy atom. The van der Waals surface area contributed by atoms with Crippen molar-refractivity contribution in [1.82, 2.24) is 0 Å². The van der Waals surface area contributed by atoms with Gasteiger partial charge in [-0.2, -0.15) is 0 Å². The van der Waals surface area contributed by atoms with Crippen molar-refractivity contribution in [2.45, 2.75) is 13.0 Å². The second-order valence-electron chi connectivity index (χ2n) is 6.92. The number of quaternary nitrogens is 2. The summed E-state index contributed by atoms with van der Waals surface area (Å²) in [4.78, 5) is 14.8. The molecule has 2 aromatic carbocycles. The first-order valence-corrected chi connectivity index (χ1v) is 9.00. The number of anilines is 1. The molecule has 2 aromatic rings. The number of carbonyl (C=O) groups excluding carboxylic acids is 1. The quantitative estimate of drug-likeness (QED) is 0.711. The highest BCUT2D eigenvalue weighted by Crippen LogP contribution is 2.10. The highest BCUT2D eigenvalue weighted by atomic mass is 19.1. The highest BCUT2D eigenvalue weighted by Gasteiger charge is 2.28. The van der Waals surface area contributed by atoms with Crippen LogP contribution >= 0.6 is 0 Å². The van der Waals surface area contributed by atoms with Gasteiger partial charge in [0.1, 0.15) is 43.9 Å². The van der Waals surface area contributed by atoms with E-state index in [0.29, 0.717) is 18.3 Å². The van der Waals surface area contributed by atoms with Crippen LogP contribution in [0.25, 0.3) is 0 Å².